The molecule has 0 heterocycles. The van der Waals surface area contributed by atoms with Crippen molar-refractivity contribution in [3.63, 3.8) is 0 Å². The van der Waals surface area contributed by atoms with Crippen molar-refractivity contribution >= 4 is 0 Å². The van der Waals surface area contributed by atoms with Crippen LogP contribution in [0.2, 0.25) is 0 Å². The van der Waals surface area contributed by atoms with E-state index in [1.807, 2.05) is 6.07 Å². The van der Waals surface area contributed by atoms with Crippen LogP contribution in [0.4, 0.5) is 4.39 Å². The SMILES string of the molecule is COc1cc(C2(N)CCCCC2)c(OC)cc1C(C)(C)F. The van der Waals surface area contributed by atoms with Crippen LogP contribution in [0.25, 0.3) is 0 Å². The second kappa shape index (κ2) is 5.84. The lowest BCUT2D eigenvalue weighted by molar-refractivity contribution is 0.211. The van der Waals surface area contributed by atoms with E-state index < -0.39 is 11.2 Å². The second-order valence-electron chi connectivity index (χ2n) is 6.44. The molecule has 0 aromatic heterocycles. The summed E-state index contributed by atoms with van der Waals surface area (Å²) in [5, 5.41) is 0. The average Bonchev–Trinajstić information content (AvgIpc) is 2.45. The van der Waals surface area contributed by atoms with Gasteiger partial charge in [0.2, 0.25) is 0 Å². The van der Waals surface area contributed by atoms with Crippen LogP contribution in [0.1, 0.15) is 57.1 Å². The van der Waals surface area contributed by atoms with E-state index in [9.17, 15) is 4.39 Å². The molecule has 0 bridgehead atoms. The first-order valence-electron chi connectivity index (χ1n) is 7.56. The zero-order valence-corrected chi connectivity index (χ0v) is 13.5. The van der Waals surface area contributed by atoms with Gasteiger partial charge in [0.25, 0.3) is 0 Å². The minimum absolute atomic E-state index is 0.407. The molecule has 1 aliphatic carbocycles. The van der Waals surface area contributed by atoms with Gasteiger partial charge in [-0.1, -0.05) is 19.3 Å². The highest BCUT2D eigenvalue weighted by Gasteiger charge is 2.35. The van der Waals surface area contributed by atoms with Crippen LogP contribution < -0.4 is 15.2 Å². The number of ether oxygens (including phenoxy) is 2. The molecule has 1 fully saturated rings. The lowest BCUT2D eigenvalue weighted by Crippen LogP contribution is -2.39. The number of nitrogens with two attached hydrogens (primary N) is 1. The second-order valence-corrected chi connectivity index (χ2v) is 6.44. The van der Waals surface area contributed by atoms with Gasteiger partial charge < -0.3 is 15.2 Å². The summed E-state index contributed by atoms with van der Waals surface area (Å²) in [6.45, 7) is 3.03. The fraction of sp³-hybridized carbons (Fsp3) is 0.647. The standard InChI is InChI=1S/C17H26FNO2/c1-16(2,18)12-10-15(21-4)13(11-14(12)20-3)17(19)8-6-5-7-9-17/h10-11H,5-9,19H2,1-4H3. The number of rotatable bonds is 4. The molecule has 21 heavy (non-hydrogen) atoms. The van der Waals surface area contributed by atoms with Crippen molar-refractivity contribution in [2.24, 2.45) is 5.73 Å². The topological polar surface area (TPSA) is 44.5 Å². The zero-order valence-electron chi connectivity index (χ0n) is 13.5. The highest BCUT2D eigenvalue weighted by molar-refractivity contribution is 5.51. The molecule has 118 valence electrons. The van der Waals surface area contributed by atoms with E-state index in [0.717, 1.165) is 31.2 Å². The molecule has 0 radical (unpaired) electrons. The minimum atomic E-state index is -1.49. The predicted molar refractivity (Wildman–Crippen MR) is 82.6 cm³/mol. The van der Waals surface area contributed by atoms with Gasteiger partial charge in [-0.3, -0.25) is 0 Å². The average molecular weight is 295 g/mol. The Morgan fingerprint density at radius 1 is 1.05 bits per heavy atom. The fourth-order valence-electron chi connectivity index (χ4n) is 3.20. The lowest BCUT2D eigenvalue weighted by atomic mass is 9.76. The summed E-state index contributed by atoms with van der Waals surface area (Å²) in [6, 6.07) is 3.60. The van der Waals surface area contributed by atoms with Gasteiger partial charge >= 0.3 is 0 Å². The highest BCUT2D eigenvalue weighted by Crippen LogP contribution is 2.44. The van der Waals surface area contributed by atoms with Crippen molar-refractivity contribution in [1.82, 2.24) is 0 Å². The Hall–Kier alpha value is -1.29. The summed E-state index contributed by atoms with van der Waals surface area (Å²) >= 11 is 0. The summed E-state index contributed by atoms with van der Waals surface area (Å²) in [6.07, 6.45) is 5.28. The van der Waals surface area contributed by atoms with Crippen molar-refractivity contribution in [2.45, 2.75) is 57.2 Å². The van der Waals surface area contributed by atoms with E-state index in [2.05, 4.69) is 0 Å². The Morgan fingerprint density at radius 2 is 1.62 bits per heavy atom. The summed E-state index contributed by atoms with van der Waals surface area (Å²) in [5.41, 5.74) is 6.12. The molecule has 0 atom stereocenters. The Balaban J connectivity index is 2.56. The third-order valence-electron chi connectivity index (χ3n) is 4.44. The molecule has 1 aromatic rings. The summed E-state index contributed by atoms with van der Waals surface area (Å²) in [5.74, 6) is 1.19. The first-order chi connectivity index (χ1) is 9.81. The Kier molecular flexibility index (Phi) is 4.47. The molecular formula is C17H26FNO2. The van der Waals surface area contributed by atoms with Gasteiger partial charge in [0, 0.05) is 16.7 Å². The number of hydrogen-bond donors (Lipinski definition) is 1. The van der Waals surface area contributed by atoms with Gasteiger partial charge in [-0.25, -0.2) is 4.39 Å². The van der Waals surface area contributed by atoms with E-state index in [-0.39, 0.29) is 0 Å². The molecule has 2 rings (SSSR count). The molecule has 0 unspecified atom stereocenters. The number of hydrogen-bond acceptors (Lipinski definition) is 3. The summed E-state index contributed by atoms with van der Waals surface area (Å²) < 4.78 is 25.3. The molecule has 4 heteroatoms. The van der Waals surface area contributed by atoms with Crippen molar-refractivity contribution in [3.8, 4) is 11.5 Å². The minimum Gasteiger partial charge on any atom is -0.496 e. The van der Waals surface area contributed by atoms with Crippen molar-refractivity contribution in [2.75, 3.05) is 14.2 Å². The van der Waals surface area contributed by atoms with Crippen LogP contribution in [0.15, 0.2) is 12.1 Å². The fourth-order valence-corrected chi connectivity index (χ4v) is 3.20. The molecule has 3 nitrogen and oxygen atoms in total. The van der Waals surface area contributed by atoms with E-state index in [1.165, 1.54) is 20.3 Å². The van der Waals surface area contributed by atoms with Gasteiger partial charge in [-0.2, -0.15) is 0 Å². The molecule has 0 amide bonds. The van der Waals surface area contributed by atoms with Crippen LogP contribution in [0.5, 0.6) is 11.5 Å². The number of alkyl halides is 1. The normalized spacial score (nSPS) is 18.4. The summed E-state index contributed by atoms with van der Waals surface area (Å²) in [7, 11) is 3.16. The molecule has 1 saturated carbocycles. The molecule has 1 aromatic carbocycles. The smallest absolute Gasteiger partial charge is 0.134 e. The zero-order chi connectivity index (χ0) is 15.7. The van der Waals surface area contributed by atoms with Gasteiger partial charge in [0.05, 0.1) is 14.2 Å². The first-order valence-corrected chi connectivity index (χ1v) is 7.56. The van der Waals surface area contributed by atoms with Crippen LogP contribution in [-0.4, -0.2) is 14.2 Å². The number of halogens is 1. The molecule has 0 spiro atoms. The Morgan fingerprint density at radius 3 is 2.10 bits per heavy atom. The van der Waals surface area contributed by atoms with Crippen molar-refractivity contribution < 1.29 is 13.9 Å². The third kappa shape index (κ3) is 3.15. The highest BCUT2D eigenvalue weighted by atomic mass is 19.1. The lowest BCUT2D eigenvalue weighted by Gasteiger charge is -2.35. The quantitative estimate of drug-likeness (QED) is 0.912. The van der Waals surface area contributed by atoms with E-state index >= 15 is 0 Å². The van der Waals surface area contributed by atoms with E-state index in [4.69, 9.17) is 15.2 Å². The maximum atomic E-state index is 14.4. The predicted octanol–water partition coefficient (Wildman–Crippen LogP) is 4.03. The van der Waals surface area contributed by atoms with Crippen LogP contribution in [-0.2, 0) is 11.2 Å². The molecule has 0 aliphatic heterocycles. The molecule has 0 saturated heterocycles. The van der Waals surface area contributed by atoms with Gasteiger partial charge in [-0.05, 0) is 38.8 Å². The first kappa shape index (κ1) is 16.1. The van der Waals surface area contributed by atoms with Crippen molar-refractivity contribution in [1.29, 1.82) is 0 Å². The Bertz CT molecular complexity index is 502. The largest absolute Gasteiger partial charge is 0.496 e. The Labute approximate surface area is 126 Å². The maximum Gasteiger partial charge on any atom is 0.134 e. The van der Waals surface area contributed by atoms with Gasteiger partial charge in [0.15, 0.2) is 0 Å². The van der Waals surface area contributed by atoms with Crippen LogP contribution in [0.3, 0.4) is 0 Å². The van der Waals surface area contributed by atoms with Gasteiger partial charge in [-0.15, -0.1) is 0 Å². The molecule has 2 N–H and O–H groups in total. The number of methoxy groups -OCH3 is 2. The summed E-state index contributed by atoms with van der Waals surface area (Å²) in [4.78, 5) is 0. The van der Waals surface area contributed by atoms with Crippen LogP contribution >= 0.6 is 0 Å². The van der Waals surface area contributed by atoms with Crippen LogP contribution in [0, 0.1) is 0 Å². The van der Waals surface area contributed by atoms with E-state index in [0.29, 0.717) is 17.1 Å². The van der Waals surface area contributed by atoms with E-state index in [1.54, 1.807) is 20.3 Å². The monoisotopic (exact) mass is 295 g/mol. The van der Waals surface area contributed by atoms with Crippen molar-refractivity contribution in [3.05, 3.63) is 23.3 Å². The van der Waals surface area contributed by atoms with Gasteiger partial charge in [0.1, 0.15) is 17.2 Å². The number of benzene rings is 1. The molecular weight excluding hydrogens is 269 g/mol. The molecule has 1 aliphatic rings. The third-order valence-corrected chi connectivity index (χ3v) is 4.44. The maximum absolute atomic E-state index is 14.4.